The fraction of sp³-hybridized carbons (Fsp3) is 0.647. The van der Waals surface area contributed by atoms with Gasteiger partial charge in [0.15, 0.2) is 11.8 Å². The second-order valence-corrected chi connectivity index (χ2v) is 7.75. The molecule has 1 heterocycles. The van der Waals surface area contributed by atoms with Crippen molar-refractivity contribution >= 4 is 29.4 Å². The average molecular weight is 386 g/mol. The van der Waals surface area contributed by atoms with E-state index in [9.17, 15) is 14.4 Å². The average Bonchev–Trinajstić information content (AvgIpc) is 2.98. The number of nitrogens with zero attached hydrogens (tertiary/aromatic N) is 2. The van der Waals surface area contributed by atoms with E-state index in [2.05, 4.69) is 4.98 Å². The second kappa shape index (κ2) is 8.98. The molecular weight excluding hydrogens is 360 g/mol. The Morgan fingerprint density at radius 1 is 1.35 bits per heavy atom. The van der Waals surface area contributed by atoms with Gasteiger partial charge in [-0.15, -0.1) is 11.3 Å². The summed E-state index contributed by atoms with van der Waals surface area (Å²) in [6.07, 6.45) is -0.319. The molecule has 0 fully saturated rings. The van der Waals surface area contributed by atoms with Gasteiger partial charge >= 0.3 is 18.0 Å². The van der Waals surface area contributed by atoms with E-state index in [1.807, 2.05) is 6.92 Å². The molecule has 0 radical (unpaired) electrons. The molecule has 0 bridgehead atoms. The number of carbonyl (C=O) groups excluding carboxylic acids is 2. The summed E-state index contributed by atoms with van der Waals surface area (Å²) in [6, 6.07) is -0.272. The fourth-order valence-electron chi connectivity index (χ4n) is 2.26. The lowest BCUT2D eigenvalue weighted by Gasteiger charge is -2.31. The minimum absolute atomic E-state index is 0.101. The molecule has 146 valence electrons. The number of carboxylic acids is 1. The zero-order chi connectivity index (χ0) is 20.1. The Hall–Kier alpha value is -2.16. The lowest BCUT2D eigenvalue weighted by Crippen LogP contribution is -2.41. The monoisotopic (exact) mass is 386 g/mol. The van der Waals surface area contributed by atoms with Crippen LogP contribution in [0.3, 0.4) is 0 Å². The number of carbonyl (C=O) groups is 3. The molecule has 0 saturated heterocycles. The van der Waals surface area contributed by atoms with Gasteiger partial charge in [0.1, 0.15) is 10.6 Å². The fourth-order valence-corrected chi connectivity index (χ4v) is 3.10. The maximum atomic E-state index is 12.3. The third-order valence-electron chi connectivity index (χ3n) is 3.51. The summed E-state index contributed by atoms with van der Waals surface area (Å²) in [7, 11) is 1.62. The summed E-state index contributed by atoms with van der Waals surface area (Å²) in [5.74, 6) is -1.65. The molecule has 0 aliphatic rings. The first-order chi connectivity index (χ1) is 11.9. The SMILES string of the molecule is CC[C@@H](C[C@@H](OC(C)=O)c1nc(C(=O)O)cs1)N(C)C(=O)OC(C)(C)C. The van der Waals surface area contributed by atoms with Crippen molar-refractivity contribution in [1.82, 2.24) is 9.88 Å². The van der Waals surface area contributed by atoms with Gasteiger partial charge in [-0.2, -0.15) is 0 Å². The molecule has 9 heteroatoms. The van der Waals surface area contributed by atoms with Gasteiger partial charge in [0.05, 0.1) is 0 Å². The molecule has 0 aliphatic carbocycles. The van der Waals surface area contributed by atoms with Gasteiger partial charge in [-0.05, 0) is 27.2 Å². The molecular formula is C17H26N2O6S. The summed E-state index contributed by atoms with van der Waals surface area (Å²) in [5, 5.41) is 10.8. The van der Waals surface area contributed by atoms with Crippen LogP contribution in [-0.4, -0.2) is 51.7 Å². The predicted molar refractivity (Wildman–Crippen MR) is 96.3 cm³/mol. The predicted octanol–water partition coefficient (Wildman–Crippen LogP) is 3.48. The van der Waals surface area contributed by atoms with Crippen molar-refractivity contribution in [2.75, 3.05) is 7.05 Å². The highest BCUT2D eigenvalue weighted by Crippen LogP contribution is 2.29. The number of carboxylic acid groups (broad SMARTS) is 1. The van der Waals surface area contributed by atoms with Gasteiger partial charge in [-0.1, -0.05) is 6.92 Å². The molecule has 0 aliphatic heterocycles. The van der Waals surface area contributed by atoms with E-state index in [1.165, 1.54) is 17.2 Å². The number of rotatable bonds is 7. The van der Waals surface area contributed by atoms with E-state index >= 15 is 0 Å². The van der Waals surface area contributed by atoms with E-state index in [0.717, 1.165) is 11.3 Å². The van der Waals surface area contributed by atoms with Crippen molar-refractivity contribution in [2.24, 2.45) is 0 Å². The van der Waals surface area contributed by atoms with Crippen molar-refractivity contribution in [3.05, 3.63) is 16.1 Å². The molecule has 1 N–H and O–H groups in total. The summed E-state index contributed by atoms with van der Waals surface area (Å²) in [6.45, 7) is 8.53. The lowest BCUT2D eigenvalue weighted by atomic mass is 10.1. The van der Waals surface area contributed by atoms with Crippen LogP contribution in [0.25, 0.3) is 0 Å². The zero-order valence-electron chi connectivity index (χ0n) is 15.9. The molecule has 8 nitrogen and oxygen atoms in total. The number of aromatic nitrogens is 1. The minimum Gasteiger partial charge on any atom is -0.476 e. The molecule has 1 aromatic heterocycles. The summed E-state index contributed by atoms with van der Waals surface area (Å²) in [5.41, 5.74) is -0.722. The van der Waals surface area contributed by atoms with E-state index in [-0.39, 0.29) is 11.7 Å². The van der Waals surface area contributed by atoms with Gasteiger partial charge in [-0.25, -0.2) is 14.6 Å². The van der Waals surface area contributed by atoms with Gasteiger partial charge < -0.3 is 19.5 Å². The highest BCUT2D eigenvalue weighted by molar-refractivity contribution is 7.09. The van der Waals surface area contributed by atoms with Crippen molar-refractivity contribution in [2.45, 2.75) is 65.2 Å². The summed E-state index contributed by atoms with van der Waals surface area (Å²) >= 11 is 1.11. The standard InChI is InChI=1S/C17H26N2O6S/c1-7-11(19(6)16(23)25-17(3,4)5)8-13(24-10(2)20)14-18-12(9-26-14)15(21)22/h9,11,13H,7-8H2,1-6H3,(H,21,22)/t11-,13+/m0/s1. The number of thiazole rings is 1. The summed E-state index contributed by atoms with van der Waals surface area (Å²) in [4.78, 5) is 40.3. The first-order valence-electron chi connectivity index (χ1n) is 8.26. The molecule has 1 rings (SSSR count). The molecule has 1 aromatic rings. The molecule has 0 aromatic carbocycles. The lowest BCUT2D eigenvalue weighted by molar-refractivity contribution is -0.147. The Balaban J connectivity index is 2.97. The van der Waals surface area contributed by atoms with Crippen molar-refractivity contribution in [1.29, 1.82) is 0 Å². The Morgan fingerprint density at radius 2 is 1.96 bits per heavy atom. The van der Waals surface area contributed by atoms with Crippen LogP contribution in [0.2, 0.25) is 0 Å². The first kappa shape index (κ1) is 21.9. The van der Waals surface area contributed by atoms with Crippen molar-refractivity contribution in [3.8, 4) is 0 Å². The molecule has 26 heavy (non-hydrogen) atoms. The van der Waals surface area contributed by atoms with Crippen LogP contribution in [0.4, 0.5) is 4.79 Å². The van der Waals surface area contributed by atoms with Crippen molar-refractivity contribution < 1.29 is 29.0 Å². The Labute approximate surface area is 157 Å². The van der Waals surface area contributed by atoms with Crippen LogP contribution in [0.15, 0.2) is 5.38 Å². The van der Waals surface area contributed by atoms with E-state index in [4.69, 9.17) is 14.6 Å². The Morgan fingerprint density at radius 3 is 2.38 bits per heavy atom. The molecule has 2 atom stereocenters. The largest absolute Gasteiger partial charge is 0.476 e. The normalized spacial score (nSPS) is 13.6. The highest BCUT2D eigenvalue weighted by Gasteiger charge is 2.30. The smallest absolute Gasteiger partial charge is 0.410 e. The third-order valence-corrected chi connectivity index (χ3v) is 4.45. The van der Waals surface area contributed by atoms with Crippen LogP contribution in [0.1, 0.15) is 69.1 Å². The number of ether oxygens (including phenoxy) is 2. The third kappa shape index (κ3) is 6.62. The Bertz CT molecular complexity index is 652. The topological polar surface area (TPSA) is 106 Å². The first-order valence-corrected chi connectivity index (χ1v) is 9.14. The maximum absolute atomic E-state index is 12.3. The number of amides is 1. The van der Waals surface area contributed by atoms with Gasteiger partial charge in [0, 0.05) is 31.8 Å². The van der Waals surface area contributed by atoms with Gasteiger partial charge in [0.2, 0.25) is 0 Å². The van der Waals surface area contributed by atoms with E-state index in [1.54, 1.807) is 27.8 Å². The van der Waals surface area contributed by atoms with Crippen LogP contribution < -0.4 is 0 Å². The molecule has 0 unspecified atom stereocenters. The van der Waals surface area contributed by atoms with E-state index < -0.39 is 29.7 Å². The molecule has 0 saturated carbocycles. The number of esters is 1. The minimum atomic E-state index is -1.15. The zero-order valence-corrected chi connectivity index (χ0v) is 16.8. The second-order valence-electron chi connectivity index (χ2n) is 6.86. The summed E-state index contributed by atoms with van der Waals surface area (Å²) < 4.78 is 10.7. The van der Waals surface area contributed by atoms with Crippen LogP contribution >= 0.6 is 11.3 Å². The number of aromatic carboxylic acids is 1. The quantitative estimate of drug-likeness (QED) is 0.715. The van der Waals surface area contributed by atoms with Crippen molar-refractivity contribution in [3.63, 3.8) is 0 Å². The van der Waals surface area contributed by atoms with Crippen LogP contribution in [-0.2, 0) is 14.3 Å². The van der Waals surface area contributed by atoms with Crippen LogP contribution in [0, 0.1) is 0 Å². The molecule has 0 spiro atoms. The Kier molecular flexibility index (Phi) is 7.55. The van der Waals surface area contributed by atoms with Crippen LogP contribution in [0.5, 0.6) is 0 Å². The number of hydrogen-bond donors (Lipinski definition) is 1. The number of hydrogen-bond acceptors (Lipinski definition) is 7. The van der Waals surface area contributed by atoms with Gasteiger partial charge in [-0.3, -0.25) is 4.79 Å². The van der Waals surface area contributed by atoms with E-state index in [0.29, 0.717) is 17.8 Å². The molecule has 1 amide bonds. The van der Waals surface area contributed by atoms with Gasteiger partial charge in [0.25, 0.3) is 0 Å². The highest BCUT2D eigenvalue weighted by atomic mass is 32.1. The maximum Gasteiger partial charge on any atom is 0.410 e.